The van der Waals surface area contributed by atoms with Gasteiger partial charge in [-0.2, -0.15) is 0 Å². The van der Waals surface area contributed by atoms with E-state index in [2.05, 4.69) is 5.32 Å². The Kier molecular flexibility index (Phi) is 4.50. The van der Waals surface area contributed by atoms with E-state index in [-0.39, 0.29) is 16.1 Å². The van der Waals surface area contributed by atoms with Crippen LogP contribution in [-0.2, 0) is 0 Å². The first kappa shape index (κ1) is 15.4. The summed E-state index contributed by atoms with van der Waals surface area (Å²) in [5.74, 6) is -1.50. The Hall–Kier alpha value is -2.04. The summed E-state index contributed by atoms with van der Waals surface area (Å²) in [6.07, 6.45) is 0. The van der Waals surface area contributed by atoms with Crippen molar-refractivity contribution in [2.24, 2.45) is 0 Å². The fourth-order valence-corrected chi connectivity index (χ4v) is 2.24. The van der Waals surface area contributed by atoms with Gasteiger partial charge in [-0.3, -0.25) is 4.79 Å². The Morgan fingerprint density at radius 3 is 2.48 bits per heavy atom. The SMILES string of the molecule is Cc1c(NC(=O)c2cc(Cl)ccc2Cl)cccc1C(=O)O. The van der Waals surface area contributed by atoms with Gasteiger partial charge in [-0.25, -0.2) is 4.79 Å². The monoisotopic (exact) mass is 323 g/mol. The number of anilines is 1. The summed E-state index contributed by atoms with van der Waals surface area (Å²) in [5.41, 5.74) is 1.24. The number of rotatable bonds is 3. The fourth-order valence-electron chi connectivity index (χ4n) is 1.86. The maximum atomic E-state index is 12.2. The number of carbonyl (C=O) groups excluding carboxylic acids is 1. The molecule has 0 unspecified atom stereocenters. The number of halogens is 2. The number of carboxylic acids is 1. The molecule has 0 radical (unpaired) electrons. The molecule has 1 amide bonds. The van der Waals surface area contributed by atoms with Gasteiger partial charge in [0.15, 0.2) is 0 Å². The zero-order valence-electron chi connectivity index (χ0n) is 11.0. The lowest BCUT2D eigenvalue weighted by molar-refractivity contribution is 0.0695. The highest BCUT2D eigenvalue weighted by Crippen LogP contribution is 2.24. The number of aromatic carboxylic acids is 1. The molecule has 0 aliphatic carbocycles. The molecule has 6 heteroatoms. The molecule has 2 aromatic carbocycles. The first-order chi connectivity index (χ1) is 9.90. The van der Waals surface area contributed by atoms with E-state index in [4.69, 9.17) is 28.3 Å². The molecule has 0 heterocycles. The minimum absolute atomic E-state index is 0.130. The first-order valence-corrected chi connectivity index (χ1v) is 6.75. The third kappa shape index (κ3) is 3.35. The van der Waals surface area contributed by atoms with Crippen LogP contribution in [-0.4, -0.2) is 17.0 Å². The Labute approximate surface area is 131 Å². The van der Waals surface area contributed by atoms with Crippen LogP contribution in [0.3, 0.4) is 0 Å². The van der Waals surface area contributed by atoms with Crippen LogP contribution in [0.15, 0.2) is 36.4 Å². The fraction of sp³-hybridized carbons (Fsp3) is 0.0667. The molecule has 0 aliphatic heterocycles. The molecule has 0 spiro atoms. The van der Waals surface area contributed by atoms with Crippen molar-refractivity contribution in [2.75, 3.05) is 5.32 Å². The van der Waals surface area contributed by atoms with Gasteiger partial charge >= 0.3 is 5.97 Å². The predicted molar refractivity (Wildman–Crippen MR) is 82.6 cm³/mol. The topological polar surface area (TPSA) is 66.4 Å². The van der Waals surface area contributed by atoms with Crippen LogP contribution in [0.1, 0.15) is 26.3 Å². The lowest BCUT2D eigenvalue weighted by Gasteiger charge is -2.11. The van der Waals surface area contributed by atoms with Gasteiger partial charge < -0.3 is 10.4 Å². The van der Waals surface area contributed by atoms with E-state index in [9.17, 15) is 9.59 Å². The van der Waals surface area contributed by atoms with Gasteiger partial charge in [-0.05, 0) is 42.8 Å². The van der Waals surface area contributed by atoms with Crippen LogP contribution in [0.5, 0.6) is 0 Å². The van der Waals surface area contributed by atoms with Gasteiger partial charge in [0.2, 0.25) is 0 Å². The second-order valence-corrected chi connectivity index (χ2v) is 5.21. The van der Waals surface area contributed by atoms with Gasteiger partial charge in [0.05, 0.1) is 16.1 Å². The normalized spacial score (nSPS) is 10.2. The second-order valence-electron chi connectivity index (χ2n) is 4.36. The Bertz CT molecular complexity index is 729. The lowest BCUT2D eigenvalue weighted by Crippen LogP contribution is -2.14. The summed E-state index contributed by atoms with van der Waals surface area (Å²) in [6.45, 7) is 1.62. The van der Waals surface area contributed by atoms with E-state index in [1.165, 1.54) is 18.2 Å². The third-order valence-corrected chi connectivity index (χ3v) is 3.55. The van der Waals surface area contributed by atoms with E-state index in [1.807, 2.05) is 0 Å². The lowest BCUT2D eigenvalue weighted by atomic mass is 10.1. The first-order valence-electron chi connectivity index (χ1n) is 5.99. The van der Waals surface area contributed by atoms with Gasteiger partial charge in [0.1, 0.15) is 0 Å². The molecule has 0 saturated heterocycles. The molecule has 0 aromatic heterocycles. The molecule has 0 aliphatic rings. The molecular weight excluding hydrogens is 313 g/mol. The molecule has 0 saturated carbocycles. The van der Waals surface area contributed by atoms with Crippen molar-refractivity contribution in [2.45, 2.75) is 6.92 Å². The quantitative estimate of drug-likeness (QED) is 0.887. The van der Waals surface area contributed by atoms with Gasteiger partial charge in [0.25, 0.3) is 5.91 Å². The number of amides is 1. The summed E-state index contributed by atoms with van der Waals surface area (Å²) in [7, 11) is 0. The predicted octanol–water partition coefficient (Wildman–Crippen LogP) is 4.25. The molecular formula is C15H11Cl2NO3. The van der Waals surface area contributed by atoms with E-state index in [0.717, 1.165) is 0 Å². The molecule has 2 N–H and O–H groups in total. The zero-order chi connectivity index (χ0) is 15.6. The van der Waals surface area contributed by atoms with Crippen LogP contribution in [0.25, 0.3) is 0 Å². The second kappa shape index (κ2) is 6.16. The number of hydrogen-bond acceptors (Lipinski definition) is 2. The standard InChI is InChI=1S/C15H11Cl2NO3/c1-8-10(15(20)21)3-2-4-13(8)18-14(19)11-7-9(16)5-6-12(11)17/h2-7H,1H3,(H,18,19)(H,20,21). The summed E-state index contributed by atoms with van der Waals surface area (Å²) < 4.78 is 0. The van der Waals surface area contributed by atoms with E-state index in [1.54, 1.807) is 25.1 Å². The highest BCUT2D eigenvalue weighted by Gasteiger charge is 2.15. The molecule has 21 heavy (non-hydrogen) atoms. The largest absolute Gasteiger partial charge is 0.478 e. The average Bonchev–Trinajstić information content (AvgIpc) is 2.43. The highest BCUT2D eigenvalue weighted by atomic mass is 35.5. The molecule has 0 fully saturated rings. The van der Waals surface area contributed by atoms with E-state index in [0.29, 0.717) is 16.3 Å². The Balaban J connectivity index is 2.34. The van der Waals surface area contributed by atoms with E-state index >= 15 is 0 Å². The van der Waals surface area contributed by atoms with Gasteiger partial charge in [-0.1, -0.05) is 29.3 Å². The van der Waals surface area contributed by atoms with Crippen LogP contribution >= 0.6 is 23.2 Å². The molecule has 0 atom stereocenters. The number of nitrogens with one attached hydrogen (secondary N) is 1. The van der Waals surface area contributed by atoms with Crippen molar-refractivity contribution in [1.82, 2.24) is 0 Å². The molecule has 108 valence electrons. The van der Waals surface area contributed by atoms with E-state index < -0.39 is 11.9 Å². The van der Waals surface area contributed by atoms with Crippen molar-refractivity contribution in [3.05, 3.63) is 63.1 Å². The van der Waals surface area contributed by atoms with Crippen LogP contribution in [0.4, 0.5) is 5.69 Å². The maximum absolute atomic E-state index is 12.2. The van der Waals surface area contributed by atoms with Gasteiger partial charge in [-0.15, -0.1) is 0 Å². The summed E-state index contributed by atoms with van der Waals surface area (Å²) >= 11 is 11.8. The van der Waals surface area contributed by atoms with Gasteiger partial charge in [0, 0.05) is 10.7 Å². The highest BCUT2D eigenvalue weighted by molar-refractivity contribution is 6.36. The number of benzene rings is 2. The summed E-state index contributed by atoms with van der Waals surface area (Å²) in [5, 5.41) is 12.4. The number of carboxylic acid groups (broad SMARTS) is 1. The van der Waals surface area contributed by atoms with Crippen molar-refractivity contribution in [1.29, 1.82) is 0 Å². The summed E-state index contributed by atoms with van der Waals surface area (Å²) in [4.78, 5) is 23.3. The van der Waals surface area contributed by atoms with Crippen molar-refractivity contribution < 1.29 is 14.7 Å². The summed E-state index contributed by atoms with van der Waals surface area (Å²) in [6, 6.07) is 9.22. The average molecular weight is 324 g/mol. The number of carbonyl (C=O) groups is 2. The Morgan fingerprint density at radius 2 is 1.81 bits per heavy atom. The minimum atomic E-state index is -1.05. The molecule has 2 rings (SSSR count). The van der Waals surface area contributed by atoms with Crippen LogP contribution < -0.4 is 5.32 Å². The zero-order valence-corrected chi connectivity index (χ0v) is 12.5. The van der Waals surface area contributed by atoms with Crippen LogP contribution in [0, 0.1) is 6.92 Å². The molecule has 2 aromatic rings. The molecule has 0 bridgehead atoms. The Morgan fingerprint density at radius 1 is 1.10 bits per heavy atom. The maximum Gasteiger partial charge on any atom is 0.336 e. The number of hydrogen-bond donors (Lipinski definition) is 2. The smallest absolute Gasteiger partial charge is 0.336 e. The van der Waals surface area contributed by atoms with Crippen LogP contribution in [0.2, 0.25) is 10.0 Å². The minimum Gasteiger partial charge on any atom is -0.478 e. The third-order valence-electron chi connectivity index (χ3n) is 2.99. The molecule has 4 nitrogen and oxygen atoms in total. The van der Waals surface area contributed by atoms with Crippen molar-refractivity contribution in [3.63, 3.8) is 0 Å². The van der Waals surface area contributed by atoms with Crippen molar-refractivity contribution in [3.8, 4) is 0 Å². The van der Waals surface area contributed by atoms with Crippen molar-refractivity contribution >= 4 is 40.8 Å².